The van der Waals surface area contributed by atoms with Crippen molar-refractivity contribution >= 4 is 41.4 Å². The van der Waals surface area contributed by atoms with Gasteiger partial charge < -0.3 is 38.3 Å². The van der Waals surface area contributed by atoms with Gasteiger partial charge in [-0.2, -0.15) is 0 Å². The van der Waals surface area contributed by atoms with Gasteiger partial charge in [0.15, 0.2) is 5.60 Å². The molecule has 3 saturated heterocycles. The maximum Gasteiger partial charge on any atom is 0.341 e. The SMILES string of the molecule is CC(=O)O[C@H]1[C@@H]2[C@H]([C@H](C)[C@H]3O[C@]34OC(=O)[C@@](C)(O)[C@]24C)[C@]2(C)[C@@H]1C1C(=O)C(=O)[C@H]3C[C@@H]4O[C@@H]4[C@H](OC(C)=O)[C@]3(C)C1[C@H](OC(C)=O)[C@@H]2OC(C)=O. The average molecular weight is 717 g/mol. The Morgan fingerprint density at radius 1 is 0.725 bits per heavy atom. The van der Waals surface area contributed by atoms with Gasteiger partial charge in [0.1, 0.15) is 36.6 Å². The Labute approximate surface area is 293 Å². The molecule has 0 radical (unpaired) electrons. The number of ketones is 2. The molecule has 0 aromatic rings. The van der Waals surface area contributed by atoms with Crippen LogP contribution in [0.5, 0.6) is 0 Å². The van der Waals surface area contributed by atoms with Crippen molar-refractivity contribution in [1.29, 1.82) is 0 Å². The van der Waals surface area contributed by atoms with Crippen LogP contribution < -0.4 is 0 Å². The van der Waals surface area contributed by atoms with Crippen LogP contribution in [0.4, 0.5) is 0 Å². The lowest BCUT2D eigenvalue weighted by molar-refractivity contribution is -0.256. The second-order valence-electron chi connectivity index (χ2n) is 17.0. The van der Waals surface area contributed by atoms with Crippen molar-refractivity contribution in [3.05, 3.63) is 0 Å². The van der Waals surface area contributed by atoms with E-state index >= 15 is 0 Å². The molecule has 5 aliphatic carbocycles. The summed E-state index contributed by atoms with van der Waals surface area (Å²) in [7, 11) is 0. The number of rotatable bonds is 4. The fourth-order valence-corrected chi connectivity index (χ4v) is 12.9. The first-order valence-corrected chi connectivity index (χ1v) is 17.7. The first-order chi connectivity index (χ1) is 23.6. The number of carbonyl (C=O) groups is 7. The molecule has 3 aliphatic heterocycles. The number of aliphatic hydroxyl groups is 1. The predicted molar refractivity (Wildman–Crippen MR) is 164 cm³/mol. The Morgan fingerprint density at radius 3 is 1.86 bits per heavy atom. The zero-order chi connectivity index (χ0) is 37.3. The number of hydrogen-bond acceptors (Lipinski definition) is 15. The van der Waals surface area contributed by atoms with E-state index < -0.39 is 153 Å². The highest BCUT2D eigenvalue weighted by Gasteiger charge is 2.93. The lowest BCUT2D eigenvalue weighted by Crippen LogP contribution is -2.74. The number of Topliss-reactive ketones (excluding diaryl/α,β-unsaturated/α-hetero) is 2. The quantitative estimate of drug-likeness (QED) is 0.185. The molecule has 15 heteroatoms. The van der Waals surface area contributed by atoms with Gasteiger partial charge in [0.25, 0.3) is 0 Å². The first kappa shape index (κ1) is 34.6. The Balaban J connectivity index is 1.42. The van der Waals surface area contributed by atoms with Crippen molar-refractivity contribution in [2.45, 2.75) is 123 Å². The van der Waals surface area contributed by atoms with E-state index in [1.807, 2.05) is 6.92 Å². The highest BCUT2D eigenvalue weighted by atomic mass is 16.8. The molecule has 51 heavy (non-hydrogen) atoms. The van der Waals surface area contributed by atoms with Gasteiger partial charge in [0, 0.05) is 68.1 Å². The molecular weight excluding hydrogens is 672 g/mol. The zero-order valence-corrected chi connectivity index (χ0v) is 30.0. The van der Waals surface area contributed by atoms with Gasteiger partial charge in [-0.3, -0.25) is 28.8 Å². The highest BCUT2D eigenvalue weighted by Crippen LogP contribution is 2.81. The van der Waals surface area contributed by atoms with Crippen molar-refractivity contribution in [3.63, 3.8) is 0 Å². The Morgan fingerprint density at radius 2 is 1.27 bits per heavy atom. The number of fused-ring (bicyclic) bond motifs is 9. The first-order valence-electron chi connectivity index (χ1n) is 17.7. The summed E-state index contributed by atoms with van der Waals surface area (Å²) in [5.41, 5.74) is -6.57. The predicted octanol–water partition coefficient (Wildman–Crippen LogP) is 0.832. The van der Waals surface area contributed by atoms with Crippen molar-refractivity contribution in [2.75, 3.05) is 0 Å². The van der Waals surface area contributed by atoms with E-state index in [9.17, 15) is 38.7 Å². The van der Waals surface area contributed by atoms with E-state index in [-0.39, 0.29) is 6.42 Å². The molecule has 19 atom stereocenters. The van der Waals surface area contributed by atoms with Crippen LogP contribution in [0, 0.1) is 57.7 Å². The van der Waals surface area contributed by atoms with Gasteiger partial charge in [0.05, 0.1) is 11.5 Å². The Hall–Kier alpha value is -3.43. The molecule has 8 rings (SSSR count). The average Bonchev–Trinajstić information content (AvgIpc) is 3.92. The molecule has 8 aliphatic rings. The molecule has 0 aromatic heterocycles. The van der Waals surface area contributed by atoms with Crippen LogP contribution >= 0.6 is 0 Å². The summed E-state index contributed by atoms with van der Waals surface area (Å²) in [5, 5.41) is 12.0. The third kappa shape index (κ3) is 3.87. The van der Waals surface area contributed by atoms with Gasteiger partial charge in [-0.1, -0.05) is 20.8 Å². The van der Waals surface area contributed by atoms with Crippen molar-refractivity contribution in [1.82, 2.24) is 0 Å². The maximum absolute atomic E-state index is 14.9. The fraction of sp³-hybridized carbons (Fsp3) is 0.806. The summed E-state index contributed by atoms with van der Waals surface area (Å²) in [6, 6.07) is 0. The second kappa shape index (κ2) is 10.2. The standard InChI is InChI=1S/C36H44O15/c1-11-19-22(34(8)35(9,44)31(43)51-36(34)28(11)50-36)26(45-12(2)37)20-18-21(27(46-13(3)38)30(33(19,20)7)48-15(5)40)32(6)16(23(41)24(18)42)10-17-25(49-17)29(32)47-14(4)39/h11,16-22,25-30,44H,10H2,1-9H3/t11-,16+,17-,18?,19-,20+,21?,22-,25-,26+,27-,28+,29-,30-,32-,33+,34-,35+,36-/m0/s1. The maximum atomic E-state index is 14.9. The number of hydrogen-bond donors (Lipinski definition) is 1. The molecule has 3 heterocycles. The monoisotopic (exact) mass is 716 g/mol. The summed E-state index contributed by atoms with van der Waals surface area (Å²) in [6.45, 7) is 13.1. The highest BCUT2D eigenvalue weighted by molar-refractivity contribution is 6.40. The van der Waals surface area contributed by atoms with E-state index in [1.54, 1.807) is 20.8 Å². The minimum absolute atomic E-state index is 0.150. The molecule has 1 spiro atoms. The Kier molecular flexibility index (Phi) is 6.90. The topological polar surface area (TPSA) is 211 Å². The van der Waals surface area contributed by atoms with Crippen LogP contribution in [-0.4, -0.2) is 101 Å². The van der Waals surface area contributed by atoms with Crippen LogP contribution in [0.1, 0.15) is 68.7 Å². The summed E-state index contributed by atoms with van der Waals surface area (Å²) in [4.78, 5) is 94.8. The van der Waals surface area contributed by atoms with Crippen molar-refractivity contribution in [2.24, 2.45) is 57.7 Å². The lowest BCUT2D eigenvalue weighted by atomic mass is 9.41. The van der Waals surface area contributed by atoms with Gasteiger partial charge in [-0.05, 0) is 32.1 Å². The third-order valence-corrected chi connectivity index (χ3v) is 14.8. The summed E-state index contributed by atoms with van der Waals surface area (Å²) in [5.74, 6) is -13.7. The van der Waals surface area contributed by atoms with Gasteiger partial charge >= 0.3 is 29.8 Å². The van der Waals surface area contributed by atoms with Crippen LogP contribution in [0.2, 0.25) is 0 Å². The molecule has 8 fully saturated rings. The smallest absolute Gasteiger partial charge is 0.341 e. The van der Waals surface area contributed by atoms with Crippen molar-refractivity contribution < 1.29 is 71.8 Å². The van der Waals surface area contributed by atoms with Gasteiger partial charge in [-0.25, -0.2) is 4.79 Å². The third-order valence-electron chi connectivity index (χ3n) is 14.8. The number of esters is 5. The van der Waals surface area contributed by atoms with E-state index in [1.165, 1.54) is 34.6 Å². The van der Waals surface area contributed by atoms with E-state index in [2.05, 4.69) is 0 Å². The minimum Gasteiger partial charge on any atom is -0.462 e. The number of ether oxygens (including phenoxy) is 7. The van der Waals surface area contributed by atoms with Gasteiger partial charge in [-0.15, -0.1) is 0 Å². The van der Waals surface area contributed by atoms with Crippen LogP contribution in [0.15, 0.2) is 0 Å². The Bertz CT molecular complexity index is 1700. The summed E-state index contributed by atoms with van der Waals surface area (Å²) in [6.07, 6.45) is -6.63. The zero-order valence-electron chi connectivity index (χ0n) is 30.0. The van der Waals surface area contributed by atoms with Crippen LogP contribution in [-0.2, 0) is 66.7 Å². The molecule has 0 bridgehead atoms. The lowest BCUT2D eigenvalue weighted by Gasteiger charge is -2.63. The molecule has 278 valence electrons. The van der Waals surface area contributed by atoms with E-state index in [0.717, 1.165) is 0 Å². The minimum atomic E-state index is -2.18. The molecule has 0 aromatic carbocycles. The molecule has 1 N–H and O–H groups in total. The summed E-state index contributed by atoms with van der Waals surface area (Å²) >= 11 is 0. The second-order valence-corrected chi connectivity index (χ2v) is 17.0. The summed E-state index contributed by atoms with van der Waals surface area (Å²) < 4.78 is 42.5. The largest absolute Gasteiger partial charge is 0.462 e. The van der Waals surface area contributed by atoms with Crippen molar-refractivity contribution in [3.8, 4) is 0 Å². The molecule has 0 amide bonds. The van der Waals surface area contributed by atoms with E-state index in [0.29, 0.717) is 0 Å². The van der Waals surface area contributed by atoms with Crippen LogP contribution in [0.3, 0.4) is 0 Å². The van der Waals surface area contributed by atoms with E-state index in [4.69, 9.17) is 33.2 Å². The van der Waals surface area contributed by atoms with Crippen LogP contribution in [0.25, 0.3) is 0 Å². The molecular formula is C36H44O15. The molecule has 2 unspecified atom stereocenters. The number of carbonyl (C=O) groups excluding carboxylic acids is 7. The number of epoxide rings is 2. The fourth-order valence-electron chi connectivity index (χ4n) is 12.9. The molecule has 15 nitrogen and oxygen atoms in total. The van der Waals surface area contributed by atoms with Gasteiger partial charge in [0.2, 0.25) is 17.4 Å². The molecule has 5 saturated carbocycles. The normalized spacial score (nSPS) is 55.2.